The van der Waals surface area contributed by atoms with Crippen LogP contribution in [0.15, 0.2) is 5.38 Å². The molecule has 1 saturated carbocycles. The summed E-state index contributed by atoms with van der Waals surface area (Å²) in [7, 11) is 1.99. The Balaban J connectivity index is 1.63. The second-order valence-electron chi connectivity index (χ2n) is 5.33. The van der Waals surface area contributed by atoms with Gasteiger partial charge in [0.15, 0.2) is 5.13 Å². The summed E-state index contributed by atoms with van der Waals surface area (Å²) in [5, 5.41) is 6.66. The summed E-state index contributed by atoms with van der Waals surface area (Å²) in [5.74, 6) is 1.92. The number of nitrogens with one attached hydrogen (secondary N) is 1. The molecule has 2 aliphatic rings. The molecule has 2 fully saturated rings. The zero-order valence-electron chi connectivity index (χ0n) is 10.5. The van der Waals surface area contributed by atoms with Crippen molar-refractivity contribution >= 4 is 16.5 Å². The molecule has 1 N–H and O–H groups in total. The molecule has 0 radical (unpaired) electrons. The summed E-state index contributed by atoms with van der Waals surface area (Å²) in [6, 6.07) is 0. The summed E-state index contributed by atoms with van der Waals surface area (Å²) in [6.45, 7) is 3.53. The zero-order chi connectivity index (χ0) is 11.7. The Bertz CT molecular complexity index is 364. The SMILES string of the molecule is CNCCc1csc(N2CC3CCCC3C2)n1. The van der Waals surface area contributed by atoms with Crippen molar-refractivity contribution in [1.82, 2.24) is 10.3 Å². The van der Waals surface area contributed by atoms with E-state index in [1.54, 1.807) is 0 Å². The van der Waals surface area contributed by atoms with Gasteiger partial charge in [-0.25, -0.2) is 4.98 Å². The predicted octanol–water partition coefficient (Wildman–Crippen LogP) is 2.14. The first-order chi connectivity index (χ1) is 8.36. The van der Waals surface area contributed by atoms with E-state index in [9.17, 15) is 0 Å². The molecular formula is C13H21N3S. The molecule has 94 valence electrons. The summed E-state index contributed by atoms with van der Waals surface area (Å²) in [4.78, 5) is 7.28. The molecule has 3 nitrogen and oxygen atoms in total. The van der Waals surface area contributed by atoms with Gasteiger partial charge in [0.1, 0.15) is 0 Å². The van der Waals surface area contributed by atoms with E-state index in [4.69, 9.17) is 4.98 Å². The summed E-state index contributed by atoms with van der Waals surface area (Å²) in [6.07, 6.45) is 5.39. The summed E-state index contributed by atoms with van der Waals surface area (Å²) >= 11 is 1.82. The van der Waals surface area contributed by atoms with Crippen molar-refractivity contribution in [3.63, 3.8) is 0 Å². The maximum atomic E-state index is 4.76. The van der Waals surface area contributed by atoms with Crippen molar-refractivity contribution < 1.29 is 0 Å². The highest BCUT2D eigenvalue weighted by Gasteiger charge is 2.36. The molecule has 1 aromatic rings. The lowest BCUT2D eigenvalue weighted by Crippen LogP contribution is -2.20. The molecule has 2 atom stereocenters. The fourth-order valence-electron chi connectivity index (χ4n) is 3.20. The second kappa shape index (κ2) is 4.94. The highest BCUT2D eigenvalue weighted by atomic mass is 32.1. The minimum Gasteiger partial charge on any atom is -0.348 e. The Kier molecular flexibility index (Phi) is 3.34. The van der Waals surface area contributed by atoms with Gasteiger partial charge in [-0.05, 0) is 31.7 Å². The minimum atomic E-state index is 0.958. The number of thiazole rings is 1. The Labute approximate surface area is 107 Å². The van der Waals surface area contributed by atoms with Crippen LogP contribution < -0.4 is 10.2 Å². The lowest BCUT2D eigenvalue weighted by molar-refractivity contribution is 0.494. The molecule has 1 aliphatic heterocycles. The molecule has 1 saturated heterocycles. The van der Waals surface area contributed by atoms with Crippen molar-refractivity contribution in [2.45, 2.75) is 25.7 Å². The van der Waals surface area contributed by atoms with Crippen molar-refractivity contribution in [1.29, 1.82) is 0 Å². The lowest BCUT2D eigenvalue weighted by Gasteiger charge is -2.15. The average Bonchev–Trinajstić information content (AvgIpc) is 3.00. The van der Waals surface area contributed by atoms with Crippen molar-refractivity contribution in [3.8, 4) is 0 Å². The number of hydrogen-bond donors (Lipinski definition) is 1. The molecule has 0 aromatic carbocycles. The van der Waals surface area contributed by atoms with E-state index >= 15 is 0 Å². The number of hydrogen-bond acceptors (Lipinski definition) is 4. The van der Waals surface area contributed by atoms with E-state index < -0.39 is 0 Å². The molecule has 0 amide bonds. The van der Waals surface area contributed by atoms with Gasteiger partial charge in [-0.1, -0.05) is 6.42 Å². The molecule has 0 bridgehead atoms. The predicted molar refractivity (Wildman–Crippen MR) is 72.8 cm³/mol. The minimum absolute atomic E-state index is 0.958. The number of nitrogens with zero attached hydrogens (tertiary/aromatic N) is 2. The molecule has 1 aliphatic carbocycles. The van der Waals surface area contributed by atoms with Gasteiger partial charge in [0, 0.05) is 31.4 Å². The molecule has 17 heavy (non-hydrogen) atoms. The first kappa shape index (κ1) is 11.5. The molecule has 3 rings (SSSR count). The molecular weight excluding hydrogens is 230 g/mol. The third-order valence-corrected chi connectivity index (χ3v) is 5.12. The van der Waals surface area contributed by atoms with Gasteiger partial charge in [-0.3, -0.25) is 0 Å². The maximum absolute atomic E-state index is 4.76. The highest BCUT2D eigenvalue weighted by Crippen LogP contribution is 2.40. The van der Waals surface area contributed by atoms with Gasteiger partial charge >= 0.3 is 0 Å². The Morgan fingerprint density at radius 2 is 2.18 bits per heavy atom. The largest absolute Gasteiger partial charge is 0.348 e. The second-order valence-corrected chi connectivity index (χ2v) is 6.17. The fourth-order valence-corrected chi connectivity index (χ4v) is 4.08. The van der Waals surface area contributed by atoms with Crippen LogP contribution in [0.2, 0.25) is 0 Å². The smallest absolute Gasteiger partial charge is 0.185 e. The zero-order valence-corrected chi connectivity index (χ0v) is 11.3. The number of likely N-dealkylation sites (N-methyl/N-ethyl adjacent to an activating group) is 1. The van der Waals surface area contributed by atoms with Crippen LogP contribution in [0, 0.1) is 11.8 Å². The fraction of sp³-hybridized carbons (Fsp3) is 0.769. The van der Waals surface area contributed by atoms with Crippen LogP contribution in [-0.2, 0) is 6.42 Å². The Hall–Kier alpha value is -0.610. The third kappa shape index (κ3) is 2.33. The number of aromatic nitrogens is 1. The summed E-state index contributed by atoms with van der Waals surface area (Å²) < 4.78 is 0. The van der Waals surface area contributed by atoms with Gasteiger partial charge in [-0.2, -0.15) is 0 Å². The van der Waals surface area contributed by atoms with Crippen LogP contribution in [0.25, 0.3) is 0 Å². The standard InChI is InChI=1S/C13H21N3S/c1-14-6-5-12-9-17-13(15-12)16-7-10-3-2-4-11(10)8-16/h9-11,14H,2-8H2,1H3. The van der Waals surface area contributed by atoms with Crippen LogP contribution in [-0.4, -0.2) is 31.7 Å². The molecule has 2 unspecified atom stereocenters. The van der Waals surface area contributed by atoms with E-state index in [0.29, 0.717) is 0 Å². The van der Waals surface area contributed by atoms with E-state index in [-0.39, 0.29) is 0 Å². The number of fused-ring (bicyclic) bond motifs is 1. The summed E-state index contributed by atoms with van der Waals surface area (Å²) in [5.41, 5.74) is 1.25. The van der Waals surface area contributed by atoms with Crippen LogP contribution in [0.1, 0.15) is 25.0 Å². The van der Waals surface area contributed by atoms with Gasteiger partial charge in [0.05, 0.1) is 5.69 Å². The number of anilines is 1. The van der Waals surface area contributed by atoms with E-state index in [2.05, 4.69) is 15.6 Å². The van der Waals surface area contributed by atoms with Gasteiger partial charge < -0.3 is 10.2 Å². The van der Waals surface area contributed by atoms with E-state index in [1.165, 1.54) is 43.2 Å². The molecule has 0 spiro atoms. The van der Waals surface area contributed by atoms with E-state index in [1.807, 2.05) is 18.4 Å². The molecule has 1 aromatic heterocycles. The van der Waals surface area contributed by atoms with Crippen molar-refractivity contribution in [3.05, 3.63) is 11.1 Å². The lowest BCUT2D eigenvalue weighted by atomic mass is 10.0. The monoisotopic (exact) mass is 251 g/mol. The topological polar surface area (TPSA) is 28.2 Å². The van der Waals surface area contributed by atoms with Gasteiger partial charge in [0.2, 0.25) is 0 Å². The normalized spacial score (nSPS) is 27.7. The van der Waals surface area contributed by atoms with Crippen LogP contribution in [0.4, 0.5) is 5.13 Å². The average molecular weight is 251 g/mol. The van der Waals surface area contributed by atoms with Crippen molar-refractivity contribution in [2.75, 3.05) is 31.6 Å². The Morgan fingerprint density at radius 3 is 2.88 bits per heavy atom. The maximum Gasteiger partial charge on any atom is 0.185 e. The third-order valence-electron chi connectivity index (χ3n) is 4.17. The van der Waals surface area contributed by atoms with Crippen LogP contribution >= 0.6 is 11.3 Å². The highest BCUT2D eigenvalue weighted by molar-refractivity contribution is 7.13. The molecule has 2 heterocycles. The number of rotatable bonds is 4. The van der Waals surface area contributed by atoms with Crippen molar-refractivity contribution in [2.24, 2.45) is 11.8 Å². The Morgan fingerprint density at radius 1 is 1.41 bits per heavy atom. The molecule has 4 heteroatoms. The van der Waals surface area contributed by atoms with Crippen LogP contribution in [0.5, 0.6) is 0 Å². The van der Waals surface area contributed by atoms with Crippen LogP contribution in [0.3, 0.4) is 0 Å². The van der Waals surface area contributed by atoms with E-state index in [0.717, 1.165) is 24.8 Å². The first-order valence-electron chi connectivity index (χ1n) is 6.71. The first-order valence-corrected chi connectivity index (χ1v) is 7.58. The van der Waals surface area contributed by atoms with Gasteiger partial charge in [0.25, 0.3) is 0 Å². The quantitative estimate of drug-likeness (QED) is 0.888. The van der Waals surface area contributed by atoms with Gasteiger partial charge in [-0.15, -0.1) is 11.3 Å².